The smallest absolute Gasteiger partial charge is 0.229 e. The second-order valence-electron chi connectivity index (χ2n) is 6.44. The Balaban J connectivity index is 0.00000225. The predicted molar refractivity (Wildman–Crippen MR) is 114 cm³/mol. The molecule has 148 valence electrons. The fourth-order valence-electron chi connectivity index (χ4n) is 3.17. The van der Waals surface area contributed by atoms with Gasteiger partial charge in [-0.15, -0.1) is 12.4 Å². The molecule has 2 aromatic heterocycles. The van der Waals surface area contributed by atoms with Gasteiger partial charge in [-0.2, -0.15) is 10.1 Å². The number of hydrogen-bond donors (Lipinski definition) is 3. The lowest BCUT2D eigenvalue weighted by atomic mass is 10.1. The summed E-state index contributed by atoms with van der Waals surface area (Å²) in [6, 6.07) is 7.74. The molecule has 1 aliphatic rings. The topological polar surface area (TPSA) is 88.9 Å². The van der Waals surface area contributed by atoms with Crippen molar-refractivity contribution in [3.8, 4) is 11.4 Å². The zero-order valence-electron chi connectivity index (χ0n) is 16.1. The molecule has 3 aromatic rings. The highest BCUT2D eigenvalue weighted by atomic mass is 35.5. The van der Waals surface area contributed by atoms with Crippen molar-refractivity contribution < 1.29 is 4.74 Å². The summed E-state index contributed by atoms with van der Waals surface area (Å²) >= 11 is 0. The first-order valence-electron chi connectivity index (χ1n) is 8.97. The first-order valence-corrected chi connectivity index (χ1v) is 8.97. The molecule has 8 nitrogen and oxygen atoms in total. The van der Waals surface area contributed by atoms with Crippen molar-refractivity contribution in [2.75, 3.05) is 36.7 Å². The van der Waals surface area contributed by atoms with Gasteiger partial charge in [-0.1, -0.05) is 0 Å². The van der Waals surface area contributed by atoms with Crippen LogP contribution in [0.3, 0.4) is 0 Å². The fourth-order valence-corrected chi connectivity index (χ4v) is 3.17. The minimum Gasteiger partial charge on any atom is -0.494 e. The number of halogens is 1. The van der Waals surface area contributed by atoms with Crippen LogP contribution in [0.5, 0.6) is 5.75 Å². The quantitative estimate of drug-likeness (QED) is 0.602. The summed E-state index contributed by atoms with van der Waals surface area (Å²) in [6.45, 7) is 2.92. The Morgan fingerprint density at radius 2 is 2.07 bits per heavy atom. The minimum absolute atomic E-state index is 0. The molecular formula is C19H24ClN7O. The van der Waals surface area contributed by atoms with Crippen molar-refractivity contribution in [3.63, 3.8) is 0 Å². The van der Waals surface area contributed by atoms with Gasteiger partial charge < -0.3 is 20.7 Å². The first-order chi connectivity index (χ1) is 13.2. The van der Waals surface area contributed by atoms with E-state index >= 15 is 0 Å². The van der Waals surface area contributed by atoms with E-state index in [1.807, 2.05) is 49.1 Å². The Bertz CT molecular complexity index is 949. The molecule has 0 aliphatic carbocycles. The maximum Gasteiger partial charge on any atom is 0.229 e. The monoisotopic (exact) mass is 401 g/mol. The van der Waals surface area contributed by atoms with Crippen molar-refractivity contribution >= 4 is 35.5 Å². The van der Waals surface area contributed by atoms with E-state index in [0.717, 1.165) is 59.4 Å². The third-order valence-corrected chi connectivity index (χ3v) is 4.49. The van der Waals surface area contributed by atoms with Crippen LogP contribution in [0.1, 0.15) is 17.8 Å². The maximum atomic E-state index is 5.54. The van der Waals surface area contributed by atoms with Gasteiger partial charge in [-0.05, 0) is 38.0 Å². The molecule has 9 heteroatoms. The van der Waals surface area contributed by atoms with Crippen LogP contribution in [0.4, 0.5) is 23.1 Å². The van der Waals surface area contributed by atoms with Crippen LogP contribution in [-0.2, 0) is 6.42 Å². The lowest BCUT2D eigenvalue weighted by Crippen LogP contribution is -2.10. The number of anilines is 4. The third kappa shape index (κ3) is 3.96. The molecule has 0 saturated carbocycles. The summed E-state index contributed by atoms with van der Waals surface area (Å²) in [7, 11) is 3.50. The normalized spacial score (nSPS) is 12.4. The van der Waals surface area contributed by atoms with Crippen molar-refractivity contribution in [2.24, 2.45) is 0 Å². The summed E-state index contributed by atoms with van der Waals surface area (Å²) < 4.78 is 7.41. The summed E-state index contributed by atoms with van der Waals surface area (Å²) in [5.74, 6) is 2.06. The standard InChI is InChI=1S/C19H23N7O.ClH/c1-12-9-18(20-2)24-19(22-12)23-13-6-7-17(27-3)16(10-13)26-11-15-14(25-26)5-4-8-21-15;/h6-7,9-11,21H,4-5,8H2,1-3H3,(H2,20,22,23,24);1H. The molecule has 0 fully saturated rings. The summed E-state index contributed by atoms with van der Waals surface area (Å²) in [6.07, 6.45) is 4.10. The molecule has 0 radical (unpaired) electrons. The van der Waals surface area contributed by atoms with Crippen LogP contribution < -0.4 is 20.7 Å². The zero-order valence-corrected chi connectivity index (χ0v) is 16.9. The molecule has 28 heavy (non-hydrogen) atoms. The van der Waals surface area contributed by atoms with E-state index in [1.165, 1.54) is 0 Å². The number of rotatable bonds is 5. The molecule has 3 N–H and O–H groups in total. The molecule has 3 heterocycles. The van der Waals surface area contributed by atoms with Crippen LogP contribution in [0, 0.1) is 6.92 Å². The van der Waals surface area contributed by atoms with E-state index in [0.29, 0.717) is 5.95 Å². The van der Waals surface area contributed by atoms with Gasteiger partial charge in [0, 0.05) is 31.0 Å². The lowest BCUT2D eigenvalue weighted by Gasteiger charge is -2.12. The Hall–Kier alpha value is -3.00. The van der Waals surface area contributed by atoms with Crippen LogP contribution in [0.15, 0.2) is 30.5 Å². The molecule has 0 spiro atoms. The highest BCUT2D eigenvalue weighted by Crippen LogP contribution is 2.30. The molecule has 0 amide bonds. The number of methoxy groups -OCH3 is 1. The van der Waals surface area contributed by atoms with Crippen molar-refractivity contribution in [2.45, 2.75) is 19.8 Å². The molecule has 1 aromatic carbocycles. The number of nitrogens with one attached hydrogen (secondary N) is 3. The second-order valence-corrected chi connectivity index (χ2v) is 6.44. The Kier molecular flexibility index (Phi) is 5.89. The van der Waals surface area contributed by atoms with Gasteiger partial charge >= 0.3 is 0 Å². The lowest BCUT2D eigenvalue weighted by molar-refractivity contribution is 0.411. The number of aromatic nitrogens is 4. The average molecular weight is 402 g/mol. The summed E-state index contributed by atoms with van der Waals surface area (Å²) in [5.41, 5.74) is 4.78. The van der Waals surface area contributed by atoms with Crippen LogP contribution in [0.2, 0.25) is 0 Å². The first kappa shape index (κ1) is 19.8. The van der Waals surface area contributed by atoms with Gasteiger partial charge in [-0.3, -0.25) is 0 Å². The molecule has 4 rings (SSSR count). The van der Waals surface area contributed by atoms with Crippen molar-refractivity contribution in [1.82, 2.24) is 19.7 Å². The fraction of sp³-hybridized carbons (Fsp3) is 0.316. The molecule has 1 aliphatic heterocycles. The Morgan fingerprint density at radius 3 is 2.82 bits per heavy atom. The van der Waals surface area contributed by atoms with E-state index < -0.39 is 0 Å². The van der Waals surface area contributed by atoms with E-state index in [1.54, 1.807) is 7.11 Å². The molecule has 0 atom stereocenters. The van der Waals surface area contributed by atoms with Crippen LogP contribution >= 0.6 is 12.4 Å². The van der Waals surface area contributed by atoms with E-state index in [9.17, 15) is 0 Å². The molecule has 0 bridgehead atoms. The zero-order chi connectivity index (χ0) is 18.8. The van der Waals surface area contributed by atoms with Crippen molar-refractivity contribution in [1.29, 1.82) is 0 Å². The van der Waals surface area contributed by atoms with Crippen molar-refractivity contribution in [3.05, 3.63) is 41.9 Å². The number of benzene rings is 1. The summed E-state index contributed by atoms with van der Waals surface area (Å²) in [5, 5.41) is 14.4. The second kappa shape index (κ2) is 8.35. The largest absolute Gasteiger partial charge is 0.494 e. The van der Waals surface area contributed by atoms with Gasteiger partial charge in [0.25, 0.3) is 0 Å². The number of nitrogens with zero attached hydrogens (tertiary/aromatic N) is 4. The third-order valence-electron chi connectivity index (χ3n) is 4.49. The molecule has 0 saturated heterocycles. The number of aryl methyl sites for hydroxylation is 2. The SMILES string of the molecule is CNc1cc(C)nc(Nc2ccc(OC)c(-n3cc4c(n3)CCCN4)c2)n1.Cl. The van der Waals surface area contributed by atoms with Gasteiger partial charge in [0.05, 0.1) is 24.7 Å². The van der Waals surface area contributed by atoms with E-state index in [2.05, 4.69) is 25.9 Å². The van der Waals surface area contributed by atoms with Gasteiger partial charge in [0.15, 0.2) is 0 Å². The predicted octanol–water partition coefficient (Wildman–Crippen LogP) is 3.54. The van der Waals surface area contributed by atoms with E-state index in [-0.39, 0.29) is 12.4 Å². The van der Waals surface area contributed by atoms with Gasteiger partial charge in [0.1, 0.15) is 17.3 Å². The Labute approximate surface area is 170 Å². The highest BCUT2D eigenvalue weighted by Gasteiger charge is 2.16. The van der Waals surface area contributed by atoms with E-state index in [4.69, 9.17) is 9.84 Å². The van der Waals surface area contributed by atoms with Gasteiger partial charge in [-0.25, -0.2) is 9.67 Å². The number of ether oxygens (including phenoxy) is 1. The van der Waals surface area contributed by atoms with Crippen LogP contribution in [-0.4, -0.2) is 40.5 Å². The number of hydrogen-bond acceptors (Lipinski definition) is 7. The molecule has 0 unspecified atom stereocenters. The van der Waals surface area contributed by atoms with Crippen LogP contribution in [0.25, 0.3) is 5.69 Å². The minimum atomic E-state index is 0. The Morgan fingerprint density at radius 1 is 1.21 bits per heavy atom. The summed E-state index contributed by atoms with van der Waals surface area (Å²) in [4.78, 5) is 8.90. The molecular weight excluding hydrogens is 378 g/mol. The van der Waals surface area contributed by atoms with Gasteiger partial charge in [0.2, 0.25) is 5.95 Å². The average Bonchev–Trinajstić information content (AvgIpc) is 3.11. The maximum absolute atomic E-state index is 5.54. The number of fused-ring (bicyclic) bond motifs is 1. The highest BCUT2D eigenvalue weighted by molar-refractivity contribution is 5.85.